The van der Waals surface area contributed by atoms with Gasteiger partial charge in [0.05, 0.1) is 34.1 Å². The molecule has 2 aromatic carbocycles. The molecule has 5 rings (SSSR count). The maximum absolute atomic E-state index is 15.5. The summed E-state index contributed by atoms with van der Waals surface area (Å²) in [6, 6.07) is 10.3. The van der Waals surface area contributed by atoms with Crippen LogP contribution in [-0.2, 0) is 9.47 Å². The number of halogens is 1. The summed E-state index contributed by atoms with van der Waals surface area (Å²) in [6.45, 7) is 10.1. The number of nitrogens with zero attached hydrogens (tertiary/aromatic N) is 3. The van der Waals surface area contributed by atoms with Crippen LogP contribution in [0.25, 0.3) is 26.4 Å². The van der Waals surface area contributed by atoms with Crippen molar-refractivity contribution in [1.29, 1.82) is 0 Å². The minimum absolute atomic E-state index is 0.220. The fraction of sp³-hybridized carbons (Fsp3) is 0.393. The zero-order valence-corrected chi connectivity index (χ0v) is 22.4. The Labute approximate surface area is 218 Å². The van der Waals surface area contributed by atoms with Gasteiger partial charge < -0.3 is 14.4 Å². The molecular formula is C28H30FN3O4S. The molecule has 1 amide bonds. The second-order valence-corrected chi connectivity index (χ2v) is 11.2. The second kappa shape index (κ2) is 9.45. The van der Waals surface area contributed by atoms with Gasteiger partial charge in [0, 0.05) is 17.8 Å². The van der Waals surface area contributed by atoms with Crippen molar-refractivity contribution < 1.29 is 23.5 Å². The van der Waals surface area contributed by atoms with E-state index in [1.54, 1.807) is 30.0 Å². The van der Waals surface area contributed by atoms with Gasteiger partial charge >= 0.3 is 12.1 Å². The molecule has 0 radical (unpaired) electrons. The Balaban J connectivity index is 1.46. The Kier molecular flexibility index (Phi) is 6.43. The number of aromatic nitrogens is 2. The molecule has 2 aromatic heterocycles. The van der Waals surface area contributed by atoms with Gasteiger partial charge in [0.25, 0.3) is 0 Å². The number of thiazole rings is 1. The minimum atomic E-state index is -0.588. The lowest BCUT2D eigenvalue weighted by molar-refractivity contribution is 0.0224. The van der Waals surface area contributed by atoms with E-state index in [0.717, 1.165) is 39.3 Å². The Morgan fingerprint density at radius 1 is 1.19 bits per heavy atom. The summed E-state index contributed by atoms with van der Waals surface area (Å²) in [5.74, 6) is -0.737. The first-order chi connectivity index (χ1) is 17.6. The molecular weight excluding hydrogens is 493 g/mol. The van der Waals surface area contributed by atoms with Gasteiger partial charge in [-0.2, -0.15) is 0 Å². The van der Waals surface area contributed by atoms with Gasteiger partial charge in [-0.3, -0.25) is 4.40 Å². The highest BCUT2D eigenvalue weighted by Gasteiger charge is 2.33. The summed E-state index contributed by atoms with van der Waals surface area (Å²) < 4.78 is 29.1. The molecule has 0 spiro atoms. The van der Waals surface area contributed by atoms with Crippen molar-refractivity contribution in [1.82, 2.24) is 14.3 Å². The van der Waals surface area contributed by atoms with Crippen LogP contribution in [0.15, 0.2) is 36.4 Å². The molecule has 0 saturated carbocycles. The van der Waals surface area contributed by atoms with Crippen molar-refractivity contribution in [2.75, 3.05) is 13.2 Å². The summed E-state index contributed by atoms with van der Waals surface area (Å²) in [4.78, 5) is 32.0. The predicted octanol–water partition coefficient (Wildman–Crippen LogP) is 6.91. The van der Waals surface area contributed by atoms with Gasteiger partial charge in [-0.1, -0.05) is 17.4 Å². The van der Waals surface area contributed by atoms with Gasteiger partial charge in [-0.15, -0.1) is 0 Å². The smallest absolute Gasteiger partial charge is 0.410 e. The number of hydrogen-bond donors (Lipinski definition) is 0. The molecule has 0 bridgehead atoms. The van der Waals surface area contributed by atoms with E-state index in [0.29, 0.717) is 30.0 Å². The van der Waals surface area contributed by atoms with Crippen LogP contribution in [0, 0.1) is 12.7 Å². The van der Waals surface area contributed by atoms with Crippen molar-refractivity contribution in [3.63, 3.8) is 0 Å². The largest absolute Gasteiger partial charge is 0.462 e. The van der Waals surface area contributed by atoms with Crippen LogP contribution < -0.4 is 0 Å². The first kappa shape index (κ1) is 25.2. The van der Waals surface area contributed by atoms with Gasteiger partial charge in [-0.05, 0) is 83.4 Å². The fourth-order valence-corrected chi connectivity index (χ4v) is 6.00. The number of rotatable bonds is 4. The highest BCUT2D eigenvalue weighted by Crippen LogP contribution is 2.37. The summed E-state index contributed by atoms with van der Waals surface area (Å²) >= 11 is 1.44. The molecule has 9 heteroatoms. The molecule has 194 valence electrons. The minimum Gasteiger partial charge on any atom is -0.462 e. The second-order valence-electron chi connectivity index (χ2n) is 10.2. The van der Waals surface area contributed by atoms with Crippen molar-refractivity contribution in [3.05, 3.63) is 59.0 Å². The van der Waals surface area contributed by atoms with E-state index in [2.05, 4.69) is 0 Å². The number of carbonyl (C=O) groups is 2. The quantitative estimate of drug-likeness (QED) is 0.272. The van der Waals surface area contributed by atoms with Crippen molar-refractivity contribution >= 4 is 38.6 Å². The number of ether oxygens (including phenoxy) is 2. The van der Waals surface area contributed by atoms with E-state index in [-0.39, 0.29) is 23.9 Å². The molecule has 0 aliphatic carbocycles. The lowest BCUT2D eigenvalue weighted by Crippen LogP contribution is -2.36. The van der Waals surface area contributed by atoms with Crippen molar-refractivity contribution in [3.8, 4) is 11.3 Å². The molecule has 1 atom stereocenters. The topological polar surface area (TPSA) is 73.1 Å². The highest BCUT2D eigenvalue weighted by molar-refractivity contribution is 7.23. The summed E-state index contributed by atoms with van der Waals surface area (Å²) in [7, 11) is 0. The number of imidazole rings is 1. The van der Waals surface area contributed by atoms with E-state index in [1.807, 2.05) is 44.2 Å². The number of benzene rings is 2. The number of aryl methyl sites for hydroxylation is 1. The van der Waals surface area contributed by atoms with E-state index < -0.39 is 5.60 Å². The van der Waals surface area contributed by atoms with Gasteiger partial charge in [0.15, 0.2) is 4.96 Å². The maximum Gasteiger partial charge on any atom is 0.410 e. The van der Waals surface area contributed by atoms with Gasteiger partial charge in [-0.25, -0.2) is 19.0 Å². The van der Waals surface area contributed by atoms with E-state index in [1.165, 1.54) is 17.4 Å². The average Bonchev–Trinajstić information content (AvgIpc) is 3.53. The van der Waals surface area contributed by atoms with Crippen molar-refractivity contribution in [2.24, 2.45) is 0 Å². The van der Waals surface area contributed by atoms with Crippen LogP contribution in [0.4, 0.5) is 9.18 Å². The number of carbonyl (C=O) groups excluding carboxylic acids is 2. The Bertz CT molecular complexity index is 1520. The van der Waals surface area contributed by atoms with Crippen LogP contribution in [0.2, 0.25) is 0 Å². The first-order valence-electron chi connectivity index (χ1n) is 12.5. The number of fused-ring (bicyclic) bond motifs is 3. The van der Waals surface area contributed by atoms with E-state index >= 15 is 4.39 Å². The first-order valence-corrected chi connectivity index (χ1v) is 13.3. The third kappa shape index (κ3) is 4.68. The van der Waals surface area contributed by atoms with E-state index in [4.69, 9.17) is 14.5 Å². The predicted molar refractivity (Wildman–Crippen MR) is 142 cm³/mol. The normalized spacial score (nSPS) is 16.1. The third-order valence-electron chi connectivity index (χ3n) is 6.50. The zero-order valence-electron chi connectivity index (χ0n) is 21.6. The SMILES string of the molecule is CCOC(=O)c1ccc2c(c1)sc1nc(-c3ccc(C4CCCN4C(=O)OC(C)(C)C)cc3F)c(C)n12. The molecule has 3 heterocycles. The Morgan fingerprint density at radius 3 is 2.68 bits per heavy atom. The summed E-state index contributed by atoms with van der Waals surface area (Å²) in [5, 5.41) is 0. The zero-order chi connectivity index (χ0) is 26.5. The molecule has 1 aliphatic heterocycles. The Morgan fingerprint density at radius 2 is 1.97 bits per heavy atom. The van der Waals surface area contributed by atoms with Gasteiger partial charge in [0.2, 0.25) is 0 Å². The van der Waals surface area contributed by atoms with E-state index in [9.17, 15) is 9.59 Å². The lowest BCUT2D eigenvalue weighted by Gasteiger charge is -2.29. The molecule has 1 unspecified atom stereocenters. The standard InChI is InChI=1S/C28H30FN3O4S/c1-6-35-25(33)18-10-12-22-23(15-18)37-26-30-24(16(2)32(22)26)19-11-9-17(14-20(19)29)21-8-7-13-31(21)27(34)36-28(3,4)5/h9-12,14-15,21H,6-8,13H2,1-5H3. The number of likely N-dealkylation sites (tertiary alicyclic amines) is 1. The maximum atomic E-state index is 15.5. The van der Waals surface area contributed by atoms with Crippen LogP contribution in [-0.4, -0.2) is 45.1 Å². The van der Waals surface area contributed by atoms with Crippen molar-refractivity contribution in [2.45, 2.75) is 59.1 Å². The van der Waals surface area contributed by atoms with Crippen LogP contribution in [0.5, 0.6) is 0 Å². The fourth-order valence-electron chi connectivity index (χ4n) is 4.89. The van der Waals surface area contributed by atoms with Crippen LogP contribution >= 0.6 is 11.3 Å². The molecule has 7 nitrogen and oxygen atoms in total. The number of amides is 1. The average molecular weight is 524 g/mol. The number of esters is 1. The Hall–Kier alpha value is -3.46. The summed E-state index contributed by atoms with van der Waals surface area (Å²) in [6.07, 6.45) is 1.23. The van der Waals surface area contributed by atoms with Crippen LogP contribution in [0.3, 0.4) is 0 Å². The highest BCUT2D eigenvalue weighted by atomic mass is 32.1. The molecule has 0 N–H and O–H groups in total. The third-order valence-corrected chi connectivity index (χ3v) is 7.51. The molecule has 1 saturated heterocycles. The molecule has 4 aromatic rings. The molecule has 37 heavy (non-hydrogen) atoms. The number of hydrogen-bond acceptors (Lipinski definition) is 6. The summed E-state index contributed by atoms with van der Waals surface area (Å²) in [5.41, 5.74) is 3.35. The van der Waals surface area contributed by atoms with Crippen LogP contribution in [0.1, 0.15) is 68.2 Å². The molecule has 1 fully saturated rings. The molecule has 1 aliphatic rings. The van der Waals surface area contributed by atoms with Gasteiger partial charge in [0.1, 0.15) is 11.4 Å². The monoisotopic (exact) mass is 523 g/mol. The lowest BCUT2D eigenvalue weighted by atomic mass is 10.0.